The molecule has 0 atom stereocenters. The molecule has 23 heavy (non-hydrogen) atoms. The van der Waals surface area contributed by atoms with Gasteiger partial charge in [0.2, 0.25) is 0 Å². The van der Waals surface area contributed by atoms with Gasteiger partial charge in [-0.1, -0.05) is 40.2 Å². The molecule has 0 aliphatic carbocycles. The Bertz CT molecular complexity index is 920. The largest absolute Gasteiger partial charge is 0.411 e. The highest BCUT2D eigenvalue weighted by Crippen LogP contribution is 2.11. The topological polar surface area (TPSA) is 68.5 Å². The van der Waals surface area contributed by atoms with Crippen LogP contribution in [0.2, 0.25) is 0 Å². The highest BCUT2D eigenvalue weighted by Gasteiger charge is 2.10. The lowest BCUT2D eigenvalue weighted by molar-refractivity contribution is 0.161. The molecular weight excluding hydrogens is 360 g/mol. The first-order chi connectivity index (χ1) is 11.2. The molecule has 0 unspecified atom stereocenters. The Kier molecular flexibility index (Phi) is 4.38. The van der Waals surface area contributed by atoms with Crippen LogP contribution in [0.5, 0.6) is 0 Å². The molecule has 0 saturated carbocycles. The molecule has 0 spiro atoms. The molecule has 0 bridgehead atoms. The quantitative estimate of drug-likeness (QED) is 0.564. The van der Waals surface area contributed by atoms with Crippen LogP contribution in [-0.4, -0.2) is 23.0 Å². The molecule has 0 aliphatic heterocycles. The van der Waals surface area contributed by atoms with Crippen molar-refractivity contribution in [2.75, 3.05) is 12.5 Å². The van der Waals surface area contributed by atoms with E-state index in [1.165, 1.54) is 7.11 Å². The number of nitrogens with zero attached hydrogens (tertiary/aromatic N) is 3. The van der Waals surface area contributed by atoms with E-state index in [0.717, 1.165) is 14.8 Å². The fourth-order valence-electron chi connectivity index (χ4n) is 2.07. The lowest BCUT2D eigenvalue weighted by Crippen LogP contribution is -2.28. The summed E-state index contributed by atoms with van der Waals surface area (Å²) in [6.07, 6.45) is 1.63. The molecule has 0 radical (unpaired) electrons. The number of nitrogens with one attached hydrogen (secondary N) is 1. The van der Waals surface area contributed by atoms with E-state index in [1.807, 2.05) is 30.3 Å². The van der Waals surface area contributed by atoms with Gasteiger partial charge >= 0.3 is 0 Å². The number of halogens is 1. The van der Waals surface area contributed by atoms with Gasteiger partial charge in [-0.25, -0.2) is 10.4 Å². The number of hydrazone groups is 1. The van der Waals surface area contributed by atoms with E-state index in [-0.39, 0.29) is 11.5 Å². The minimum Gasteiger partial charge on any atom is -0.411 e. The summed E-state index contributed by atoms with van der Waals surface area (Å²) in [5.74, 6) is 0.213. The third-order valence-electron chi connectivity index (χ3n) is 3.17. The van der Waals surface area contributed by atoms with Gasteiger partial charge in [0.15, 0.2) is 0 Å². The third-order valence-corrected chi connectivity index (χ3v) is 3.70. The highest BCUT2D eigenvalue weighted by atomic mass is 79.9. The zero-order valence-electron chi connectivity index (χ0n) is 12.2. The minimum absolute atomic E-state index is 0.213. The van der Waals surface area contributed by atoms with Crippen LogP contribution in [0.15, 0.2) is 62.9 Å². The molecule has 0 fully saturated rings. The third kappa shape index (κ3) is 3.24. The molecule has 7 heteroatoms. The van der Waals surface area contributed by atoms with E-state index in [2.05, 4.69) is 31.4 Å². The molecule has 116 valence electrons. The van der Waals surface area contributed by atoms with Crippen LogP contribution < -0.4 is 15.8 Å². The second-order valence-electron chi connectivity index (χ2n) is 4.66. The van der Waals surface area contributed by atoms with Gasteiger partial charge in [0.05, 0.1) is 17.1 Å². The summed E-state index contributed by atoms with van der Waals surface area (Å²) in [6, 6.07) is 14.7. The van der Waals surface area contributed by atoms with Crippen LogP contribution in [0.25, 0.3) is 10.9 Å². The Labute approximate surface area is 140 Å². The van der Waals surface area contributed by atoms with Gasteiger partial charge in [-0.2, -0.15) is 5.10 Å². The highest BCUT2D eigenvalue weighted by molar-refractivity contribution is 9.10. The summed E-state index contributed by atoms with van der Waals surface area (Å²) >= 11 is 3.38. The number of hydrogen-bond acceptors (Lipinski definition) is 5. The maximum absolute atomic E-state index is 12.4. The lowest BCUT2D eigenvalue weighted by Gasteiger charge is -2.10. The predicted octanol–water partition coefficient (Wildman–Crippen LogP) is 2.66. The maximum Gasteiger partial charge on any atom is 0.295 e. The number of para-hydroxylation sites is 1. The normalized spacial score (nSPS) is 11.0. The van der Waals surface area contributed by atoms with Crippen molar-refractivity contribution in [1.29, 1.82) is 0 Å². The zero-order valence-corrected chi connectivity index (χ0v) is 13.8. The van der Waals surface area contributed by atoms with E-state index in [9.17, 15) is 4.79 Å². The van der Waals surface area contributed by atoms with Crippen LogP contribution >= 0.6 is 15.9 Å². The first kappa shape index (κ1) is 15.2. The Morgan fingerprint density at radius 3 is 2.70 bits per heavy atom. The van der Waals surface area contributed by atoms with Crippen molar-refractivity contribution in [2.24, 2.45) is 5.10 Å². The van der Waals surface area contributed by atoms with Crippen LogP contribution in [0, 0.1) is 0 Å². The minimum atomic E-state index is -0.292. The van der Waals surface area contributed by atoms with E-state index in [0.29, 0.717) is 10.9 Å². The number of fused-ring (bicyclic) bond motifs is 1. The van der Waals surface area contributed by atoms with Crippen LogP contribution in [-0.2, 0) is 0 Å². The summed E-state index contributed by atoms with van der Waals surface area (Å²) < 4.78 is 2.06. The average molecular weight is 373 g/mol. The molecule has 0 aliphatic rings. The van der Waals surface area contributed by atoms with E-state index in [4.69, 9.17) is 4.84 Å². The van der Waals surface area contributed by atoms with Crippen molar-refractivity contribution in [3.05, 3.63) is 68.9 Å². The van der Waals surface area contributed by atoms with Crippen molar-refractivity contribution >= 4 is 39.0 Å². The van der Waals surface area contributed by atoms with Crippen LogP contribution in [0.3, 0.4) is 0 Å². The smallest absolute Gasteiger partial charge is 0.295 e. The number of rotatable bonds is 4. The van der Waals surface area contributed by atoms with Crippen molar-refractivity contribution < 1.29 is 4.84 Å². The Balaban J connectivity index is 1.93. The Hall–Kier alpha value is -2.67. The monoisotopic (exact) mass is 372 g/mol. The van der Waals surface area contributed by atoms with Crippen molar-refractivity contribution in [1.82, 2.24) is 9.71 Å². The maximum atomic E-state index is 12.4. The SMILES string of the molecule is COn1c(N/N=C\c2ccc(Br)cc2)nc2ccccc2c1=O. The summed E-state index contributed by atoms with van der Waals surface area (Å²) in [4.78, 5) is 21.8. The van der Waals surface area contributed by atoms with E-state index < -0.39 is 0 Å². The lowest BCUT2D eigenvalue weighted by atomic mass is 10.2. The standard InChI is InChI=1S/C16H13BrN4O2/c1-23-21-15(22)13-4-2-3-5-14(13)19-16(21)20-18-10-11-6-8-12(17)9-7-11/h2-10H,1H3,(H,19,20)/b18-10-. The van der Waals surface area contributed by atoms with Gasteiger partial charge in [0.25, 0.3) is 11.5 Å². The molecule has 3 aromatic rings. The zero-order chi connectivity index (χ0) is 16.2. The number of aromatic nitrogens is 2. The van der Waals surface area contributed by atoms with Gasteiger partial charge in [0.1, 0.15) is 7.11 Å². The molecular formula is C16H13BrN4O2. The Morgan fingerprint density at radius 1 is 1.22 bits per heavy atom. The van der Waals surface area contributed by atoms with Gasteiger partial charge in [-0.05, 0) is 29.8 Å². The van der Waals surface area contributed by atoms with Crippen LogP contribution in [0.1, 0.15) is 5.56 Å². The van der Waals surface area contributed by atoms with Gasteiger partial charge in [0, 0.05) is 4.47 Å². The van der Waals surface area contributed by atoms with E-state index >= 15 is 0 Å². The molecule has 1 heterocycles. The summed E-state index contributed by atoms with van der Waals surface area (Å²) in [5, 5.41) is 4.59. The van der Waals surface area contributed by atoms with Gasteiger partial charge < -0.3 is 4.84 Å². The summed E-state index contributed by atoms with van der Waals surface area (Å²) in [6.45, 7) is 0. The van der Waals surface area contributed by atoms with Crippen LogP contribution in [0.4, 0.5) is 5.95 Å². The average Bonchev–Trinajstić information content (AvgIpc) is 2.57. The fraction of sp³-hybridized carbons (Fsp3) is 0.0625. The first-order valence-corrected chi connectivity index (χ1v) is 7.59. The molecule has 6 nitrogen and oxygen atoms in total. The summed E-state index contributed by atoms with van der Waals surface area (Å²) in [5.41, 5.74) is 3.94. The predicted molar refractivity (Wildman–Crippen MR) is 93.9 cm³/mol. The second kappa shape index (κ2) is 6.62. The number of anilines is 1. The molecule has 3 rings (SSSR count). The molecule has 1 aromatic heterocycles. The first-order valence-electron chi connectivity index (χ1n) is 6.80. The van der Waals surface area contributed by atoms with Crippen molar-refractivity contribution in [3.63, 3.8) is 0 Å². The molecule has 0 amide bonds. The summed E-state index contributed by atoms with van der Waals surface area (Å²) in [7, 11) is 1.40. The van der Waals surface area contributed by atoms with E-state index in [1.54, 1.807) is 24.4 Å². The van der Waals surface area contributed by atoms with Gasteiger partial charge in [-0.15, -0.1) is 4.73 Å². The molecule has 1 N–H and O–H groups in total. The number of hydrogen-bond donors (Lipinski definition) is 1. The van der Waals surface area contributed by atoms with Crippen molar-refractivity contribution in [2.45, 2.75) is 0 Å². The van der Waals surface area contributed by atoms with Gasteiger partial charge in [-0.3, -0.25) is 4.79 Å². The number of benzene rings is 2. The van der Waals surface area contributed by atoms with Crippen molar-refractivity contribution in [3.8, 4) is 0 Å². The fourth-order valence-corrected chi connectivity index (χ4v) is 2.33. The molecule has 2 aromatic carbocycles. The molecule has 0 saturated heterocycles. The second-order valence-corrected chi connectivity index (χ2v) is 5.57. The Morgan fingerprint density at radius 2 is 1.96 bits per heavy atom.